The monoisotopic (exact) mass is 311 g/mol. The van der Waals surface area contributed by atoms with Crippen LogP contribution in [0.25, 0.3) is 0 Å². The second-order valence-corrected chi connectivity index (χ2v) is 5.46. The third-order valence-corrected chi connectivity index (χ3v) is 4.18. The Morgan fingerprint density at radius 2 is 2.24 bits per heavy atom. The molecule has 1 aliphatic heterocycles. The summed E-state index contributed by atoms with van der Waals surface area (Å²) in [6.07, 6.45) is 0. The summed E-state index contributed by atoms with van der Waals surface area (Å²) >= 11 is 1.35. The maximum atomic E-state index is 12.1. The van der Waals surface area contributed by atoms with E-state index in [0.717, 1.165) is 0 Å². The number of nitro groups is 1. The molecule has 1 fully saturated rings. The summed E-state index contributed by atoms with van der Waals surface area (Å²) < 4.78 is 0. The molecule has 0 aromatic heterocycles. The molecule has 0 saturated carbocycles. The van der Waals surface area contributed by atoms with Crippen molar-refractivity contribution in [3.8, 4) is 0 Å². The summed E-state index contributed by atoms with van der Waals surface area (Å²) in [6.45, 7) is 1.53. The Labute approximate surface area is 124 Å². The number of carboxylic acid groups (broad SMARTS) is 1. The van der Waals surface area contributed by atoms with Crippen molar-refractivity contribution >= 4 is 35.1 Å². The smallest absolute Gasteiger partial charge is 0.327 e. The predicted molar refractivity (Wildman–Crippen MR) is 77.4 cm³/mol. The molecule has 0 bridgehead atoms. The van der Waals surface area contributed by atoms with E-state index in [9.17, 15) is 19.7 Å². The maximum Gasteiger partial charge on any atom is 0.327 e. The van der Waals surface area contributed by atoms with Gasteiger partial charge in [-0.3, -0.25) is 10.1 Å². The highest BCUT2D eigenvalue weighted by Gasteiger charge is 2.34. The Hall–Kier alpha value is -2.29. The minimum absolute atomic E-state index is 0.0987. The van der Waals surface area contributed by atoms with E-state index in [2.05, 4.69) is 5.32 Å². The average molecular weight is 311 g/mol. The quantitative estimate of drug-likeness (QED) is 0.651. The molecule has 8 nitrogen and oxygen atoms in total. The van der Waals surface area contributed by atoms with Crippen LogP contribution in [-0.2, 0) is 4.79 Å². The van der Waals surface area contributed by atoms with Gasteiger partial charge in [0.25, 0.3) is 5.69 Å². The maximum absolute atomic E-state index is 12.1. The summed E-state index contributed by atoms with van der Waals surface area (Å²) in [6, 6.07) is 2.90. The number of carboxylic acids is 1. The van der Waals surface area contributed by atoms with Gasteiger partial charge in [0.05, 0.1) is 22.1 Å². The number of aliphatic carboxylic acids is 1. The Kier molecular flexibility index (Phi) is 4.32. The number of benzene rings is 1. The molecule has 1 atom stereocenters. The molecule has 1 saturated heterocycles. The molecule has 0 unspecified atom stereocenters. The number of rotatable bonds is 3. The van der Waals surface area contributed by atoms with E-state index in [0.29, 0.717) is 17.0 Å². The zero-order valence-corrected chi connectivity index (χ0v) is 11.9. The fraction of sp³-hybridized carbons (Fsp3) is 0.333. The first kappa shape index (κ1) is 15.1. The van der Waals surface area contributed by atoms with Crippen molar-refractivity contribution in [1.82, 2.24) is 4.90 Å². The summed E-state index contributed by atoms with van der Waals surface area (Å²) in [5, 5.41) is 22.4. The number of thioether (sulfide) groups is 1. The molecule has 1 heterocycles. The Morgan fingerprint density at radius 3 is 2.86 bits per heavy atom. The van der Waals surface area contributed by atoms with Crippen molar-refractivity contribution < 1.29 is 19.6 Å². The van der Waals surface area contributed by atoms with Gasteiger partial charge in [0, 0.05) is 11.8 Å². The molecule has 9 heteroatoms. The highest BCUT2D eigenvalue weighted by Crippen LogP contribution is 2.27. The number of nitrogens with zero attached hydrogens (tertiary/aromatic N) is 2. The van der Waals surface area contributed by atoms with E-state index in [1.165, 1.54) is 35.7 Å². The van der Waals surface area contributed by atoms with Gasteiger partial charge in [-0.25, -0.2) is 9.59 Å². The number of urea groups is 1. The molecule has 1 aromatic rings. The molecule has 1 aliphatic rings. The zero-order chi connectivity index (χ0) is 15.6. The van der Waals surface area contributed by atoms with Crippen molar-refractivity contribution in [2.45, 2.75) is 13.0 Å². The SMILES string of the molecule is Cc1c(NC(=O)N2CSC[C@H]2C(=O)O)cccc1[N+](=O)[O-]. The van der Waals surface area contributed by atoms with Gasteiger partial charge in [-0.1, -0.05) is 6.07 Å². The van der Waals surface area contributed by atoms with Gasteiger partial charge < -0.3 is 15.3 Å². The molecule has 1 aromatic carbocycles. The lowest BCUT2D eigenvalue weighted by atomic mass is 10.1. The number of carbonyl (C=O) groups is 2. The van der Waals surface area contributed by atoms with Crippen LogP contribution in [0.3, 0.4) is 0 Å². The minimum Gasteiger partial charge on any atom is -0.480 e. The first-order valence-electron chi connectivity index (χ1n) is 6.04. The number of hydrogen-bond acceptors (Lipinski definition) is 5. The van der Waals surface area contributed by atoms with Crippen molar-refractivity contribution in [1.29, 1.82) is 0 Å². The first-order chi connectivity index (χ1) is 9.91. The molecule has 0 spiro atoms. The topological polar surface area (TPSA) is 113 Å². The minimum atomic E-state index is -1.06. The third-order valence-electron chi connectivity index (χ3n) is 3.17. The van der Waals surface area contributed by atoms with Crippen molar-refractivity contribution in [2.24, 2.45) is 0 Å². The van der Waals surface area contributed by atoms with Crippen LogP contribution in [0.2, 0.25) is 0 Å². The number of nitrogens with one attached hydrogen (secondary N) is 1. The summed E-state index contributed by atoms with van der Waals surface area (Å²) in [4.78, 5) is 34.7. The number of amides is 2. The van der Waals surface area contributed by atoms with Crippen LogP contribution in [0.15, 0.2) is 18.2 Å². The van der Waals surface area contributed by atoms with Crippen molar-refractivity contribution in [2.75, 3.05) is 16.9 Å². The Morgan fingerprint density at radius 1 is 1.52 bits per heavy atom. The number of anilines is 1. The average Bonchev–Trinajstić information content (AvgIpc) is 2.90. The van der Waals surface area contributed by atoms with Gasteiger partial charge in [-0.2, -0.15) is 0 Å². The highest BCUT2D eigenvalue weighted by molar-refractivity contribution is 7.99. The van der Waals surface area contributed by atoms with Gasteiger partial charge >= 0.3 is 12.0 Å². The van der Waals surface area contributed by atoms with E-state index >= 15 is 0 Å². The van der Waals surface area contributed by atoms with Gasteiger partial charge in [-0.15, -0.1) is 11.8 Å². The Balaban J connectivity index is 2.18. The van der Waals surface area contributed by atoms with Crippen LogP contribution in [0, 0.1) is 17.0 Å². The van der Waals surface area contributed by atoms with Gasteiger partial charge in [0.1, 0.15) is 6.04 Å². The van der Waals surface area contributed by atoms with Gasteiger partial charge in [0.15, 0.2) is 0 Å². The molecule has 0 radical (unpaired) electrons. The van der Waals surface area contributed by atoms with Crippen LogP contribution in [0.1, 0.15) is 5.56 Å². The van der Waals surface area contributed by atoms with E-state index in [1.807, 2.05) is 0 Å². The predicted octanol–water partition coefficient (Wildman–Crippen LogP) is 1.89. The summed E-state index contributed by atoms with van der Waals surface area (Å²) in [5.74, 6) is -0.459. The third kappa shape index (κ3) is 3.07. The van der Waals surface area contributed by atoms with Crippen LogP contribution in [-0.4, -0.2) is 44.6 Å². The van der Waals surface area contributed by atoms with Gasteiger partial charge in [0.2, 0.25) is 0 Å². The van der Waals surface area contributed by atoms with Crippen molar-refractivity contribution in [3.63, 3.8) is 0 Å². The first-order valence-corrected chi connectivity index (χ1v) is 7.19. The largest absolute Gasteiger partial charge is 0.480 e. The molecule has 112 valence electrons. The zero-order valence-electron chi connectivity index (χ0n) is 11.1. The molecule has 2 amide bonds. The number of nitro benzene ring substituents is 1. The van der Waals surface area contributed by atoms with Crippen LogP contribution < -0.4 is 5.32 Å². The lowest BCUT2D eigenvalue weighted by Gasteiger charge is -2.21. The van der Waals surface area contributed by atoms with E-state index < -0.39 is 23.0 Å². The second kappa shape index (κ2) is 6.00. The van der Waals surface area contributed by atoms with Gasteiger partial charge in [-0.05, 0) is 13.0 Å². The molecular formula is C12H13N3O5S. The molecule has 21 heavy (non-hydrogen) atoms. The van der Waals surface area contributed by atoms with E-state index in [4.69, 9.17) is 5.11 Å². The number of carbonyl (C=O) groups excluding carboxylic acids is 1. The second-order valence-electron chi connectivity index (χ2n) is 4.46. The highest BCUT2D eigenvalue weighted by atomic mass is 32.2. The normalized spacial score (nSPS) is 17.6. The molecule has 2 rings (SSSR count). The standard InChI is InChI=1S/C12H13N3O5S/c1-7-8(3-2-4-9(7)15(19)20)13-12(18)14-6-21-5-10(14)11(16)17/h2-4,10H,5-6H2,1H3,(H,13,18)(H,16,17)/t10-/m0/s1. The molecular weight excluding hydrogens is 298 g/mol. The summed E-state index contributed by atoms with van der Waals surface area (Å²) in [5.41, 5.74) is 0.531. The van der Waals surface area contributed by atoms with Crippen LogP contribution in [0.4, 0.5) is 16.2 Å². The van der Waals surface area contributed by atoms with E-state index in [-0.39, 0.29) is 11.6 Å². The van der Waals surface area contributed by atoms with Crippen molar-refractivity contribution in [3.05, 3.63) is 33.9 Å². The molecule has 2 N–H and O–H groups in total. The fourth-order valence-corrected chi connectivity index (χ4v) is 3.14. The summed E-state index contributed by atoms with van der Waals surface area (Å²) in [7, 11) is 0. The lowest BCUT2D eigenvalue weighted by molar-refractivity contribution is -0.385. The molecule has 0 aliphatic carbocycles. The number of hydrogen-bond donors (Lipinski definition) is 2. The van der Waals surface area contributed by atoms with Crippen LogP contribution in [0.5, 0.6) is 0 Å². The lowest BCUT2D eigenvalue weighted by Crippen LogP contribution is -2.44. The Bertz CT molecular complexity index is 607. The van der Waals surface area contributed by atoms with Crippen LogP contribution >= 0.6 is 11.8 Å². The van der Waals surface area contributed by atoms with E-state index in [1.54, 1.807) is 6.07 Å². The fourth-order valence-electron chi connectivity index (χ4n) is 1.99.